The summed E-state index contributed by atoms with van der Waals surface area (Å²) in [6, 6.07) is 5.39. The van der Waals surface area contributed by atoms with E-state index in [1.165, 1.54) is 17.1 Å². The lowest BCUT2D eigenvalue weighted by Gasteiger charge is -2.27. The van der Waals surface area contributed by atoms with E-state index < -0.39 is 10.0 Å². The van der Waals surface area contributed by atoms with Gasteiger partial charge in [-0.25, -0.2) is 8.42 Å². The molecule has 0 N–H and O–H groups in total. The third kappa shape index (κ3) is 3.66. The number of aryl methyl sites for hydroxylation is 1. The van der Waals surface area contributed by atoms with Crippen molar-refractivity contribution in [1.82, 2.24) is 14.4 Å². The molecule has 0 bridgehead atoms. The Kier molecular flexibility index (Phi) is 5.29. The Morgan fingerprint density at radius 3 is 2.63 bits per heavy atom. The van der Waals surface area contributed by atoms with Gasteiger partial charge in [-0.3, -0.25) is 0 Å². The van der Waals surface area contributed by atoms with E-state index in [1.807, 2.05) is 19.1 Å². The van der Waals surface area contributed by atoms with Crippen LogP contribution in [0.1, 0.15) is 49.9 Å². The molecule has 0 atom stereocenters. The van der Waals surface area contributed by atoms with Crippen LogP contribution < -0.4 is 0 Å². The topological polar surface area (TPSA) is 85.5 Å². The number of hydrogen-bond acceptors (Lipinski definition) is 6. The normalized spacial score (nSPS) is 19.6. The molecule has 2 fully saturated rings. The lowest BCUT2D eigenvalue weighted by molar-refractivity contribution is 0.0730. The van der Waals surface area contributed by atoms with Gasteiger partial charge in [-0.15, -0.1) is 0 Å². The Bertz CT molecular complexity index is 897. The van der Waals surface area contributed by atoms with Crippen molar-refractivity contribution >= 4 is 10.0 Å². The third-order valence-electron chi connectivity index (χ3n) is 5.44. The van der Waals surface area contributed by atoms with Gasteiger partial charge in [-0.2, -0.15) is 9.29 Å². The number of sulfonamides is 1. The maximum atomic E-state index is 13.2. The van der Waals surface area contributed by atoms with E-state index in [-0.39, 0.29) is 0 Å². The van der Waals surface area contributed by atoms with Gasteiger partial charge in [0.1, 0.15) is 0 Å². The largest absolute Gasteiger partial charge is 0.379 e. The lowest BCUT2D eigenvalue weighted by atomic mass is 10.1. The Morgan fingerprint density at radius 2 is 1.93 bits per heavy atom. The minimum Gasteiger partial charge on any atom is -0.379 e. The molecule has 1 aromatic carbocycles. The summed E-state index contributed by atoms with van der Waals surface area (Å²) in [5, 5.41) is 4.14. The summed E-state index contributed by atoms with van der Waals surface area (Å²) in [7, 11) is -3.58. The van der Waals surface area contributed by atoms with Crippen LogP contribution in [0, 0.1) is 0 Å². The number of aromatic nitrogens is 2. The molecule has 1 aliphatic carbocycles. The fourth-order valence-electron chi connectivity index (χ4n) is 3.85. The smallest absolute Gasteiger partial charge is 0.257 e. The number of nitrogens with zero attached hydrogens (tertiary/aromatic N) is 3. The van der Waals surface area contributed by atoms with E-state index in [4.69, 9.17) is 9.26 Å². The van der Waals surface area contributed by atoms with Crippen molar-refractivity contribution < 1.29 is 17.7 Å². The summed E-state index contributed by atoms with van der Waals surface area (Å²) in [6.45, 7) is 3.56. The number of benzene rings is 1. The monoisotopic (exact) mass is 391 g/mol. The zero-order chi connectivity index (χ0) is 18.9. The molecule has 1 aromatic heterocycles. The Hall–Kier alpha value is -1.77. The Balaban J connectivity index is 1.68. The molecule has 4 rings (SSSR count). The van der Waals surface area contributed by atoms with Gasteiger partial charge in [-0.05, 0) is 37.0 Å². The molecule has 1 saturated carbocycles. The van der Waals surface area contributed by atoms with Crippen LogP contribution in [0.4, 0.5) is 0 Å². The molecular weight excluding hydrogens is 366 g/mol. The Morgan fingerprint density at radius 1 is 1.19 bits per heavy atom. The van der Waals surface area contributed by atoms with Gasteiger partial charge in [-0.1, -0.05) is 31.0 Å². The summed E-state index contributed by atoms with van der Waals surface area (Å²) in [6.07, 6.45) is 5.20. The average Bonchev–Trinajstić information content (AvgIpc) is 3.40. The lowest BCUT2D eigenvalue weighted by Crippen LogP contribution is -2.40. The fourth-order valence-corrected chi connectivity index (χ4v) is 5.58. The van der Waals surface area contributed by atoms with E-state index in [1.54, 1.807) is 6.07 Å². The number of morpholine rings is 1. The van der Waals surface area contributed by atoms with Gasteiger partial charge >= 0.3 is 0 Å². The maximum Gasteiger partial charge on any atom is 0.257 e. The first-order valence-corrected chi connectivity index (χ1v) is 11.1. The van der Waals surface area contributed by atoms with Crippen LogP contribution in [0.15, 0.2) is 27.6 Å². The molecule has 0 spiro atoms. The average molecular weight is 391 g/mol. The standard InChI is InChI=1S/C19H25N3O4S/c1-2-14-7-8-16(19-20-18(21-26-19)15-5-3-4-6-15)13-17(14)27(23,24)22-9-11-25-12-10-22/h7-8,13,15H,2-6,9-12H2,1H3. The molecule has 2 aliphatic rings. The van der Waals surface area contributed by atoms with Gasteiger partial charge in [0.2, 0.25) is 10.0 Å². The van der Waals surface area contributed by atoms with E-state index >= 15 is 0 Å². The molecule has 0 amide bonds. The molecule has 0 unspecified atom stereocenters. The van der Waals surface area contributed by atoms with Crippen LogP contribution in [0.5, 0.6) is 0 Å². The van der Waals surface area contributed by atoms with Crippen molar-refractivity contribution in [2.75, 3.05) is 26.3 Å². The molecule has 27 heavy (non-hydrogen) atoms. The summed E-state index contributed by atoms with van der Waals surface area (Å²) in [5.41, 5.74) is 1.44. The molecule has 1 aliphatic heterocycles. The van der Waals surface area contributed by atoms with Gasteiger partial charge in [0.05, 0.1) is 18.1 Å². The van der Waals surface area contributed by atoms with Crippen LogP contribution >= 0.6 is 0 Å². The minimum absolute atomic E-state index is 0.324. The van der Waals surface area contributed by atoms with Gasteiger partial charge in [0.15, 0.2) is 5.82 Å². The van der Waals surface area contributed by atoms with Gasteiger partial charge in [0, 0.05) is 24.6 Å². The van der Waals surface area contributed by atoms with Gasteiger partial charge in [0.25, 0.3) is 5.89 Å². The molecule has 146 valence electrons. The zero-order valence-corrected chi connectivity index (χ0v) is 16.4. The number of ether oxygens (including phenoxy) is 1. The quantitative estimate of drug-likeness (QED) is 0.779. The van der Waals surface area contributed by atoms with Gasteiger partial charge < -0.3 is 9.26 Å². The fraction of sp³-hybridized carbons (Fsp3) is 0.579. The van der Waals surface area contributed by atoms with Crippen molar-refractivity contribution in [3.05, 3.63) is 29.6 Å². The highest BCUT2D eigenvalue weighted by atomic mass is 32.2. The third-order valence-corrected chi connectivity index (χ3v) is 7.43. The summed E-state index contributed by atoms with van der Waals surface area (Å²) >= 11 is 0. The van der Waals surface area contributed by atoms with E-state index in [0.717, 1.165) is 24.2 Å². The predicted octanol–water partition coefficient (Wildman–Crippen LogP) is 2.98. The van der Waals surface area contributed by atoms with Crippen molar-refractivity contribution in [2.45, 2.75) is 49.8 Å². The van der Waals surface area contributed by atoms with Crippen molar-refractivity contribution in [2.24, 2.45) is 0 Å². The second-order valence-corrected chi connectivity index (χ2v) is 9.04. The zero-order valence-electron chi connectivity index (χ0n) is 15.6. The van der Waals surface area contributed by atoms with E-state index in [0.29, 0.717) is 55.0 Å². The second-order valence-electron chi connectivity index (χ2n) is 7.13. The molecule has 2 heterocycles. The summed E-state index contributed by atoms with van der Waals surface area (Å²) in [5.74, 6) is 1.48. The molecular formula is C19H25N3O4S. The highest BCUT2D eigenvalue weighted by Gasteiger charge is 2.29. The molecule has 0 radical (unpaired) electrons. The first-order chi connectivity index (χ1) is 13.1. The molecule has 8 heteroatoms. The number of rotatable bonds is 5. The van der Waals surface area contributed by atoms with E-state index in [2.05, 4.69) is 10.1 Å². The molecule has 7 nitrogen and oxygen atoms in total. The molecule has 2 aromatic rings. The Labute approximate surface area is 159 Å². The van der Waals surface area contributed by atoms with Crippen molar-refractivity contribution in [3.8, 4) is 11.5 Å². The highest BCUT2D eigenvalue weighted by Crippen LogP contribution is 2.34. The highest BCUT2D eigenvalue weighted by molar-refractivity contribution is 7.89. The second kappa shape index (κ2) is 7.69. The number of hydrogen-bond donors (Lipinski definition) is 0. The van der Waals surface area contributed by atoms with Crippen molar-refractivity contribution in [3.63, 3.8) is 0 Å². The van der Waals surface area contributed by atoms with Crippen LogP contribution in [0.3, 0.4) is 0 Å². The first kappa shape index (κ1) is 18.6. The molecule has 1 saturated heterocycles. The SMILES string of the molecule is CCc1ccc(-c2nc(C3CCCC3)no2)cc1S(=O)(=O)N1CCOCC1. The van der Waals surface area contributed by atoms with Crippen LogP contribution in [-0.4, -0.2) is 49.2 Å². The first-order valence-electron chi connectivity index (χ1n) is 9.64. The maximum absolute atomic E-state index is 13.2. The van der Waals surface area contributed by atoms with Crippen LogP contribution in [0.25, 0.3) is 11.5 Å². The predicted molar refractivity (Wildman–Crippen MR) is 99.9 cm³/mol. The minimum atomic E-state index is -3.58. The van der Waals surface area contributed by atoms with Crippen molar-refractivity contribution in [1.29, 1.82) is 0 Å². The van der Waals surface area contributed by atoms with E-state index in [9.17, 15) is 8.42 Å². The van der Waals surface area contributed by atoms with Crippen LogP contribution in [0.2, 0.25) is 0 Å². The summed E-state index contributed by atoms with van der Waals surface area (Å²) < 4.78 is 38.6. The van der Waals surface area contributed by atoms with Crippen LogP contribution in [-0.2, 0) is 21.2 Å². The summed E-state index contributed by atoms with van der Waals surface area (Å²) in [4.78, 5) is 4.87.